The fraction of sp³-hybridized carbons (Fsp3) is 0.125. The molecule has 0 radical (unpaired) electrons. The van der Waals surface area contributed by atoms with Crippen LogP contribution >= 0.6 is 0 Å². The van der Waals surface area contributed by atoms with Crippen LogP contribution in [0.2, 0.25) is 0 Å². The Kier molecular flexibility index (Phi) is 4.56. The first kappa shape index (κ1) is 14.6. The number of amides is 1. The molecule has 0 unspecified atom stereocenters. The quantitative estimate of drug-likeness (QED) is 0.514. The molecule has 0 saturated carbocycles. The number of nitrogens with zero attached hydrogens (tertiary/aromatic N) is 1. The maximum atomic E-state index is 11.9. The first-order valence-corrected chi connectivity index (χ1v) is 6.45. The predicted octanol–water partition coefficient (Wildman–Crippen LogP) is 2.43. The van der Waals surface area contributed by atoms with Gasteiger partial charge in [-0.1, -0.05) is 0 Å². The number of carbonyl (C=O) groups excluding carboxylic acids is 1. The average Bonchev–Trinajstić information content (AvgIpc) is 2.53. The van der Waals surface area contributed by atoms with E-state index in [1.165, 1.54) is 0 Å². The SMILES string of the molecule is COc1ccc(/C(C)=N\NC(=O)c2ccc(N)cc2)cc1. The Balaban J connectivity index is 2.05. The molecule has 0 bridgehead atoms. The number of benzene rings is 2. The van der Waals surface area contributed by atoms with Crippen molar-refractivity contribution < 1.29 is 9.53 Å². The highest BCUT2D eigenvalue weighted by atomic mass is 16.5. The number of anilines is 1. The minimum absolute atomic E-state index is 0.275. The molecule has 0 heterocycles. The van der Waals surface area contributed by atoms with Gasteiger partial charge in [0.15, 0.2) is 0 Å². The second kappa shape index (κ2) is 6.56. The summed E-state index contributed by atoms with van der Waals surface area (Å²) in [5.74, 6) is 0.500. The van der Waals surface area contributed by atoms with Gasteiger partial charge in [0.05, 0.1) is 12.8 Å². The standard InChI is InChI=1S/C16H17N3O2/c1-11(12-5-9-15(21-2)10-6-12)18-19-16(20)13-3-7-14(17)8-4-13/h3-10H,17H2,1-2H3,(H,19,20)/b18-11-. The normalized spacial score (nSPS) is 11.0. The van der Waals surface area contributed by atoms with Gasteiger partial charge in [0, 0.05) is 11.3 Å². The summed E-state index contributed by atoms with van der Waals surface area (Å²) in [7, 11) is 1.61. The molecular weight excluding hydrogens is 266 g/mol. The van der Waals surface area contributed by atoms with Gasteiger partial charge in [0.25, 0.3) is 5.91 Å². The van der Waals surface area contributed by atoms with Crippen LogP contribution in [0.5, 0.6) is 5.75 Å². The van der Waals surface area contributed by atoms with Crippen molar-refractivity contribution in [3.05, 3.63) is 59.7 Å². The highest BCUT2D eigenvalue weighted by Crippen LogP contribution is 2.12. The van der Waals surface area contributed by atoms with Crippen LogP contribution in [-0.4, -0.2) is 18.7 Å². The van der Waals surface area contributed by atoms with E-state index in [1.54, 1.807) is 31.4 Å². The minimum Gasteiger partial charge on any atom is -0.497 e. The zero-order chi connectivity index (χ0) is 15.2. The van der Waals surface area contributed by atoms with Gasteiger partial charge >= 0.3 is 0 Å². The minimum atomic E-state index is -0.275. The Morgan fingerprint density at radius 3 is 2.19 bits per heavy atom. The van der Waals surface area contributed by atoms with Gasteiger partial charge in [-0.25, -0.2) is 5.43 Å². The molecule has 5 nitrogen and oxygen atoms in total. The fourth-order valence-electron chi connectivity index (χ4n) is 1.73. The van der Waals surface area contributed by atoms with Crippen molar-refractivity contribution in [2.24, 2.45) is 5.10 Å². The number of nitrogen functional groups attached to an aromatic ring is 1. The van der Waals surface area contributed by atoms with Crippen molar-refractivity contribution >= 4 is 17.3 Å². The molecule has 2 aromatic rings. The van der Waals surface area contributed by atoms with Gasteiger partial charge in [0.1, 0.15) is 5.75 Å². The maximum absolute atomic E-state index is 11.9. The lowest BCUT2D eigenvalue weighted by Crippen LogP contribution is -2.19. The van der Waals surface area contributed by atoms with E-state index in [9.17, 15) is 4.79 Å². The van der Waals surface area contributed by atoms with E-state index < -0.39 is 0 Å². The number of nitrogens with one attached hydrogen (secondary N) is 1. The predicted molar refractivity (Wildman–Crippen MR) is 83.5 cm³/mol. The smallest absolute Gasteiger partial charge is 0.271 e. The third kappa shape index (κ3) is 3.82. The molecule has 1 amide bonds. The van der Waals surface area contributed by atoms with Crippen molar-refractivity contribution in [1.82, 2.24) is 5.43 Å². The van der Waals surface area contributed by atoms with Crippen LogP contribution in [0.25, 0.3) is 0 Å². The fourth-order valence-corrected chi connectivity index (χ4v) is 1.73. The van der Waals surface area contributed by atoms with Crippen LogP contribution in [0.1, 0.15) is 22.8 Å². The Labute approximate surface area is 123 Å². The molecule has 0 aliphatic carbocycles. The first-order chi connectivity index (χ1) is 10.1. The van der Waals surface area contributed by atoms with E-state index >= 15 is 0 Å². The largest absolute Gasteiger partial charge is 0.497 e. The number of nitrogens with two attached hydrogens (primary N) is 1. The van der Waals surface area contributed by atoms with E-state index in [4.69, 9.17) is 10.5 Å². The monoisotopic (exact) mass is 283 g/mol. The molecule has 2 rings (SSSR count). The third-order valence-corrected chi connectivity index (χ3v) is 3.01. The zero-order valence-corrected chi connectivity index (χ0v) is 12.0. The first-order valence-electron chi connectivity index (χ1n) is 6.45. The summed E-state index contributed by atoms with van der Waals surface area (Å²) < 4.78 is 5.09. The second-order valence-electron chi connectivity index (χ2n) is 4.49. The van der Waals surface area contributed by atoms with E-state index in [-0.39, 0.29) is 5.91 Å². The lowest BCUT2D eigenvalue weighted by Gasteiger charge is -2.04. The Bertz CT molecular complexity index is 646. The van der Waals surface area contributed by atoms with Crippen molar-refractivity contribution in [2.75, 3.05) is 12.8 Å². The van der Waals surface area contributed by atoms with Gasteiger partial charge in [-0.3, -0.25) is 4.79 Å². The van der Waals surface area contributed by atoms with Gasteiger partial charge in [-0.2, -0.15) is 5.10 Å². The molecule has 3 N–H and O–H groups in total. The molecule has 0 fully saturated rings. The molecule has 0 aliphatic rings. The maximum Gasteiger partial charge on any atom is 0.271 e. The van der Waals surface area contributed by atoms with E-state index in [0.29, 0.717) is 17.0 Å². The lowest BCUT2D eigenvalue weighted by atomic mass is 10.1. The average molecular weight is 283 g/mol. The van der Waals surface area contributed by atoms with Gasteiger partial charge in [-0.05, 0) is 61.0 Å². The van der Waals surface area contributed by atoms with Crippen molar-refractivity contribution in [2.45, 2.75) is 6.92 Å². The van der Waals surface area contributed by atoms with Crippen LogP contribution in [0.4, 0.5) is 5.69 Å². The van der Waals surface area contributed by atoms with Gasteiger partial charge in [0.2, 0.25) is 0 Å². The Hall–Kier alpha value is -2.82. The molecule has 21 heavy (non-hydrogen) atoms. The van der Waals surface area contributed by atoms with Crippen LogP contribution in [0, 0.1) is 0 Å². The molecule has 0 aliphatic heterocycles. The van der Waals surface area contributed by atoms with Crippen LogP contribution < -0.4 is 15.9 Å². The molecule has 108 valence electrons. The molecule has 0 aromatic heterocycles. The number of rotatable bonds is 4. The van der Waals surface area contributed by atoms with Crippen LogP contribution in [0.3, 0.4) is 0 Å². The highest BCUT2D eigenvalue weighted by Gasteiger charge is 2.04. The lowest BCUT2D eigenvalue weighted by molar-refractivity contribution is 0.0955. The summed E-state index contributed by atoms with van der Waals surface area (Å²) in [4.78, 5) is 11.9. The third-order valence-electron chi connectivity index (χ3n) is 3.01. The summed E-state index contributed by atoms with van der Waals surface area (Å²) in [5, 5.41) is 4.09. The van der Waals surface area contributed by atoms with E-state index in [2.05, 4.69) is 10.5 Å². The van der Waals surface area contributed by atoms with Crippen molar-refractivity contribution in [3.63, 3.8) is 0 Å². The number of hydrazone groups is 1. The summed E-state index contributed by atoms with van der Waals surface area (Å²) in [6, 6.07) is 14.1. The molecule has 0 atom stereocenters. The highest BCUT2D eigenvalue weighted by molar-refractivity contribution is 6.00. The molecular formula is C16H17N3O2. The number of hydrogen-bond donors (Lipinski definition) is 2. The van der Waals surface area contributed by atoms with Gasteiger partial charge < -0.3 is 10.5 Å². The summed E-state index contributed by atoms with van der Waals surface area (Å²) in [5.41, 5.74) is 10.8. The molecule has 5 heteroatoms. The Morgan fingerprint density at radius 1 is 1.05 bits per heavy atom. The topological polar surface area (TPSA) is 76.7 Å². The number of ether oxygens (including phenoxy) is 1. The molecule has 0 spiro atoms. The second-order valence-corrected chi connectivity index (χ2v) is 4.49. The number of methoxy groups -OCH3 is 1. The molecule has 0 saturated heterocycles. The van der Waals surface area contributed by atoms with Crippen LogP contribution in [-0.2, 0) is 0 Å². The number of hydrogen-bond acceptors (Lipinski definition) is 4. The summed E-state index contributed by atoms with van der Waals surface area (Å²) in [6.45, 7) is 1.82. The van der Waals surface area contributed by atoms with E-state index in [1.807, 2.05) is 31.2 Å². The number of carbonyl (C=O) groups is 1. The van der Waals surface area contributed by atoms with Crippen molar-refractivity contribution in [1.29, 1.82) is 0 Å². The zero-order valence-electron chi connectivity index (χ0n) is 12.0. The van der Waals surface area contributed by atoms with Crippen molar-refractivity contribution in [3.8, 4) is 5.75 Å². The Morgan fingerprint density at radius 2 is 1.62 bits per heavy atom. The van der Waals surface area contributed by atoms with Crippen LogP contribution in [0.15, 0.2) is 53.6 Å². The summed E-state index contributed by atoms with van der Waals surface area (Å²) in [6.07, 6.45) is 0. The van der Waals surface area contributed by atoms with E-state index in [0.717, 1.165) is 11.3 Å². The molecule has 2 aromatic carbocycles. The van der Waals surface area contributed by atoms with Gasteiger partial charge in [-0.15, -0.1) is 0 Å². The summed E-state index contributed by atoms with van der Waals surface area (Å²) >= 11 is 0.